The molecule has 0 aliphatic rings. The molecule has 0 atom stereocenters. The molecule has 0 heterocycles. The molecule has 2 N–H and O–H groups in total. The van der Waals surface area contributed by atoms with Crippen LogP contribution in [0.2, 0.25) is 5.25 Å². The van der Waals surface area contributed by atoms with Gasteiger partial charge in [0, 0.05) is 0 Å². The first-order valence-electron chi connectivity index (χ1n) is 1.76. The van der Waals surface area contributed by atoms with Crippen molar-refractivity contribution in [3.05, 3.63) is 0 Å². The summed E-state index contributed by atoms with van der Waals surface area (Å²) in [6.45, 7) is 0.844. The Hall–Kier alpha value is 0.503. The minimum atomic E-state index is 0.844. The average molecular weight is 131 g/mol. The van der Waals surface area contributed by atoms with Crippen LogP contribution in [0.15, 0.2) is 0 Å². The van der Waals surface area contributed by atoms with E-state index in [9.17, 15) is 0 Å². The van der Waals surface area contributed by atoms with Gasteiger partial charge in [0.1, 0.15) is 0 Å². The monoisotopic (exact) mass is 132 g/mol. The molecule has 0 unspecified atom stereocenters. The van der Waals surface area contributed by atoms with E-state index in [0.29, 0.717) is 0 Å². The summed E-state index contributed by atoms with van der Waals surface area (Å²) in [7, 11) is 0. The van der Waals surface area contributed by atoms with Crippen molar-refractivity contribution in [3.8, 4) is 0 Å². The van der Waals surface area contributed by atoms with Gasteiger partial charge < -0.3 is 0 Å². The van der Waals surface area contributed by atoms with E-state index in [2.05, 4.69) is 16.5 Å². The Labute approximate surface area is 41.2 Å². The summed E-state index contributed by atoms with van der Waals surface area (Å²) in [5.74, 6) is 0. The molecule has 29 valence electrons. The van der Waals surface area contributed by atoms with Crippen molar-refractivity contribution in [2.75, 3.05) is 6.54 Å². The van der Waals surface area contributed by atoms with Crippen LogP contribution in [0.3, 0.4) is 0 Å². The number of hydrogen-bond acceptors (Lipinski definition) is 1. The predicted octanol–water partition coefficient (Wildman–Crippen LogP) is -0.0780. The molecular weight excluding hydrogens is 123 g/mol. The summed E-state index contributed by atoms with van der Waals surface area (Å²) in [5, 5.41) is 1.22. The van der Waals surface area contributed by atoms with Gasteiger partial charge in [0.25, 0.3) is 0 Å². The van der Waals surface area contributed by atoms with Gasteiger partial charge in [0.15, 0.2) is 0 Å². The molecule has 0 amide bonds. The van der Waals surface area contributed by atoms with E-state index >= 15 is 0 Å². The van der Waals surface area contributed by atoms with Crippen molar-refractivity contribution in [1.82, 2.24) is 0 Å². The molecule has 0 aromatic carbocycles. The summed E-state index contributed by atoms with van der Waals surface area (Å²) in [6, 6.07) is 0. The van der Waals surface area contributed by atoms with E-state index in [4.69, 9.17) is 5.73 Å². The summed E-state index contributed by atoms with van der Waals surface area (Å²) < 4.78 is 0. The molecule has 0 rings (SSSR count). The molecule has 0 saturated heterocycles. The molecule has 0 saturated carbocycles. The number of rotatable bonds is 2. The maximum atomic E-state index is 5.14. The van der Waals surface area contributed by atoms with E-state index in [1.165, 1.54) is 11.7 Å². The minimum absolute atomic E-state index is 0.844. The summed E-state index contributed by atoms with van der Waals surface area (Å²) in [4.78, 5) is 0. The summed E-state index contributed by atoms with van der Waals surface area (Å²) >= 11 is 2.13. The molecule has 0 fully saturated rings. The van der Waals surface area contributed by atoms with Gasteiger partial charge >= 0.3 is 40.5 Å². The molecule has 0 aliphatic carbocycles. The molecule has 1 nitrogen and oxygen atoms in total. The van der Waals surface area contributed by atoms with Gasteiger partial charge in [0.05, 0.1) is 0 Å². The van der Waals surface area contributed by atoms with Crippen LogP contribution in [0.1, 0.15) is 6.42 Å². The van der Waals surface area contributed by atoms with Crippen LogP contribution in [-0.2, 0) is 0 Å². The van der Waals surface area contributed by atoms with Gasteiger partial charge in [0.2, 0.25) is 0 Å². The zero-order chi connectivity index (χ0) is 4.12. The Balaban J connectivity index is 2.19. The van der Waals surface area contributed by atoms with Crippen LogP contribution in [-0.4, -0.2) is 23.1 Å². The molecular formula is C3H8GeN. The van der Waals surface area contributed by atoms with Crippen molar-refractivity contribution >= 4 is 16.5 Å². The van der Waals surface area contributed by atoms with Gasteiger partial charge in [-0.15, -0.1) is 0 Å². The third-order valence-electron chi connectivity index (χ3n) is 0.381. The first-order valence-corrected chi connectivity index (χ1v) is 3.25. The number of hydrogen-bond donors (Lipinski definition) is 1. The van der Waals surface area contributed by atoms with Crippen molar-refractivity contribution in [2.45, 2.75) is 11.7 Å². The molecule has 2 heteroatoms. The Kier molecular flexibility index (Phi) is 4.96. The first-order chi connectivity index (χ1) is 2.41. The van der Waals surface area contributed by atoms with Crippen LogP contribution in [0.25, 0.3) is 0 Å². The third kappa shape index (κ3) is 4.50. The number of nitrogens with two attached hydrogens (primary N) is 1. The maximum absolute atomic E-state index is 5.14. The zero-order valence-electron chi connectivity index (χ0n) is 3.20. The van der Waals surface area contributed by atoms with Crippen LogP contribution in [0, 0.1) is 0 Å². The topological polar surface area (TPSA) is 26.0 Å². The fraction of sp³-hybridized carbons (Fsp3) is 1.00. The van der Waals surface area contributed by atoms with Crippen LogP contribution >= 0.6 is 0 Å². The van der Waals surface area contributed by atoms with Crippen LogP contribution < -0.4 is 5.73 Å². The van der Waals surface area contributed by atoms with Gasteiger partial charge in [-0.2, -0.15) is 0 Å². The standard InChI is InChI=1S/C3H8GeN/c4-2-1-3-5/h1-3,5H2. The van der Waals surface area contributed by atoms with Crippen molar-refractivity contribution in [3.63, 3.8) is 0 Å². The molecule has 3 radical (unpaired) electrons. The average Bonchev–Trinajstić information content (AvgIpc) is 1.41. The van der Waals surface area contributed by atoms with Crippen molar-refractivity contribution < 1.29 is 0 Å². The van der Waals surface area contributed by atoms with Gasteiger partial charge in [-0.3, -0.25) is 0 Å². The molecule has 0 bridgehead atoms. The molecule has 5 heavy (non-hydrogen) atoms. The SMILES string of the molecule is NCC[CH2][Ge]. The Morgan fingerprint density at radius 2 is 2.20 bits per heavy atom. The van der Waals surface area contributed by atoms with E-state index in [1.54, 1.807) is 0 Å². The summed E-state index contributed by atoms with van der Waals surface area (Å²) in [5.41, 5.74) is 5.14. The van der Waals surface area contributed by atoms with Crippen molar-refractivity contribution in [1.29, 1.82) is 0 Å². The van der Waals surface area contributed by atoms with Gasteiger partial charge in [-0.1, -0.05) is 0 Å². The fourth-order valence-electron chi connectivity index (χ4n) is 0.102. The molecule has 0 aliphatic heterocycles. The van der Waals surface area contributed by atoms with Crippen LogP contribution in [0.4, 0.5) is 0 Å². The predicted molar refractivity (Wildman–Crippen MR) is 24.2 cm³/mol. The Morgan fingerprint density at radius 3 is 2.20 bits per heavy atom. The first kappa shape index (κ1) is 5.50. The van der Waals surface area contributed by atoms with E-state index in [0.717, 1.165) is 6.54 Å². The van der Waals surface area contributed by atoms with E-state index < -0.39 is 0 Å². The quantitative estimate of drug-likeness (QED) is 0.521. The summed E-state index contributed by atoms with van der Waals surface area (Å²) in [6.07, 6.45) is 1.17. The second-order valence-electron chi connectivity index (χ2n) is 0.892. The normalized spacial score (nSPS) is 8.40. The van der Waals surface area contributed by atoms with E-state index in [-0.39, 0.29) is 0 Å². The second-order valence-corrected chi connectivity index (χ2v) is 1.94. The van der Waals surface area contributed by atoms with Crippen LogP contribution in [0.5, 0.6) is 0 Å². The second kappa shape index (κ2) is 4.50. The molecule has 0 aromatic heterocycles. The molecule has 0 spiro atoms. The fourth-order valence-corrected chi connectivity index (χ4v) is 0.530. The zero-order valence-corrected chi connectivity index (χ0v) is 5.30. The van der Waals surface area contributed by atoms with Crippen molar-refractivity contribution in [2.24, 2.45) is 5.73 Å². The Morgan fingerprint density at radius 1 is 1.60 bits per heavy atom. The van der Waals surface area contributed by atoms with E-state index in [1.807, 2.05) is 0 Å². The Bertz CT molecular complexity index is 14.4. The van der Waals surface area contributed by atoms with Gasteiger partial charge in [-0.25, -0.2) is 0 Å². The van der Waals surface area contributed by atoms with Gasteiger partial charge in [-0.05, 0) is 0 Å². The molecule has 0 aromatic rings. The third-order valence-corrected chi connectivity index (χ3v) is 1.12.